The summed E-state index contributed by atoms with van der Waals surface area (Å²) in [5, 5.41) is 22.6. The number of hydrogen-bond donors (Lipinski definition) is 3. The number of rotatable bonds is 2. The van der Waals surface area contributed by atoms with E-state index in [4.69, 9.17) is 4.74 Å². The van der Waals surface area contributed by atoms with Crippen LogP contribution < -0.4 is 5.32 Å². The lowest BCUT2D eigenvalue weighted by Crippen LogP contribution is -2.36. The zero-order valence-corrected chi connectivity index (χ0v) is 12.5. The molecule has 1 aromatic rings. The zero-order valence-electron chi connectivity index (χ0n) is 12.5. The summed E-state index contributed by atoms with van der Waals surface area (Å²) in [6.45, 7) is 6.00. The van der Waals surface area contributed by atoms with Gasteiger partial charge in [-0.15, -0.1) is 0 Å². The van der Waals surface area contributed by atoms with Crippen LogP contribution in [0, 0.1) is 0 Å². The molecule has 116 valence electrons. The molecule has 1 fully saturated rings. The third kappa shape index (κ3) is 4.26. The number of amides is 1. The van der Waals surface area contributed by atoms with E-state index in [-0.39, 0.29) is 18.3 Å². The predicted molar refractivity (Wildman–Crippen MR) is 79.3 cm³/mol. The monoisotopic (exact) mass is 294 g/mol. The summed E-state index contributed by atoms with van der Waals surface area (Å²) in [4.78, 5) is 13.5. The summed E-state index contributed by atoms with van der Waals surface area (Å²) in [7, 11) is 0. The highest BCUT2D eigenvalue weighted by Crippen LogP contribution is 2.21. The molecule has 1 aliphatic rings. The van der Waals surface area contributed by atoms with Gasteiger partial charge in [-0.05, 0) is 32.9 Å². The Hall–Kier alpha value is -1.95. The fourth-order valence-electron chi connectivity index (χ4n) is 2.21. The Labute approximate surface area is 124 Å². The van der Waals surface area contributed by atoms with Crippen LogP contribution in [0.4, 0.5) is 10.5 Å². The molecule has 21 heavy (non-hydrogen) atoms. The van der Waals surface area contributed by atoms with Crippen molar-refractivity contribution in [2.75, 3.05) is 18.4 Å². The quantitative estimate of drug-likeness (QED) is 0.774. The van der Waals surface area contributed by atoms with Gasteiger partial charge in [0.15, 0.2) is 0 Å². The fourth-order valence-corrected chi connectivity index (χ4v) is 2.21. The number of aromatic hydroxyl groups is 1. The molecule has 1 aliphatic heterocycles. The largest absolute Gasteiger partial charge is 0.508 e. The van der Waals surface area contributed by atoms with E-state index in [1.807, 2.05) is 0 Å². The standard InChI is InChI=1S/C15H22N2O4/c1-15(2,3)21-14(20)17-8-12(13(19)9-17)16-10-5-4-6-11(18)7-10/h4-7,12-13,16,18-19H,8-9H2,1-3H3/t12-,13-/m1/s1. The first-order valence-electron chi connectivity index (χ1n) is 6.96. The van der Waals surface area contributed by atoms with Crippen molar-refractivity contribution in [2.24, 2.45) is 0 Å². The Bertz CT molecular complexity index is 513. The Morgan fingerprint density at radius 2 is 2.10 bits per heavy atom. The van der Waals surface area contributed by atoms with Crippen molar-refractivity contribution in [3.8, 4) is 5.75 Å². The maximum Gasteiger partial charge on any atom is 0.410 e. The molecular formula is C15H22N2O4. The van der Waals surface area contributed by atoms with E-state index in [0.717, 1.165) is 0 Å². The molecule has 2 atom stereocenters. The first-order chi connectivity index (χ1) is 9.74. The number of anilines is 1. The van der Waals surface area contributed by atoms with Crippen molar-refractivity contribution >= 4 is 11.8 Å². The lowest BCUT2D eigenvalue weighted by atomic mass is 10.2. The van der Waals surface area contributed by atoms with E-state index in [0.29, 0.717) is 12.2 Å². The minimum Gasteiger partial charge on any atom is -0.508 e. The molecule has 1 aromatic carbocycles. The molecule has 0 unspecified atom stereocenters. The molecule has 0 aromatic heterocycles. The van der Waals surface area contributed by atoms with Gasteiger partial charge in [0.05, 0.1) is 18.7 Å². The van der Waals surface area contributed by atoms with Crippen molar-refractivity contribution in [1.29, 1.82) is 0 Å². The second kappa shape index (κ2) is 5.81. The van der Waals surface area contributed by atoms with E-state index in [1.165, 1.54) is 4.90 Å². The van der Waals surface area contributed by atoms with Crippen LogP contribution in [-0.2, 0) is 4.74 Å². The van der Waals surface area contributed by atoms with E-state index >= 15 is 0 Å². The lowest BCUT2D eigenvalue weighted by molar-refractivity contribution is 0.0270. The maximum absolute atomic E-state index is 12.0. The summed E-state index contributed by atoms with van der Waals surface area (Å²) >= 11 is 0. The van der Waals surface area contributed by atoms with E-state index in [2.05, 4.69) is 5.32 Å². The van der Waals surface area contributed by atoms with Gasteiger partial charge in [0.2, 0.25) is 0 Å². The zero-order chi connectivity index (χ0) is 15.6. The third-order valence-corrected chi connectivity index (χ3v) is 3.14. The SMILES string of the molecule is CC(C)(C)OC(=O)N1C[C@@H](O)[C@H](Nc2cccc(O)c2)C1. The highest BCUT2D eigenvalue weighted by Gasteiger charge is 2.36. The van der Waals surface area contributed by atoms with Gasteiger partial charge in [0, 0.05) is 18.3 Å². The van der Waals surface area contributed by atoms with Gasteiger partial charge in [-0.25, -0.2) is 4.79 Å². The first kappa shape index (κ1) is 15.4. The van der Waals surface area contributed by atoms with Crippen molar-refractivity contribution in [3.63, 3.8) is 0 Å². The molecule has 0 radical (unpaired) electrons. The predicted octanol–water partition coefficient (Wildman–Crippen LogP) is 1.78. The number of nitrogens with zero attached hydrogens (tertiary/aromatic N) is 1. The molecule has 0 aliphatic carbocycles. The van der Waals surface area contributed by atoms with Crippen LogP contribution in [0.2, 0.25) is 0 Å². The summed E-state index contributed by atoms with van der Waals surface area (Å²) < 4.78 is 5.30. The number of nitrogens with one attached hydrogen (secondary N) is 1. The Kier molecular flexibility index (Phi) is 4.27. The van der Waals surface area contributed by atoms with Crippen LogP contribution in [0.25, 0.3) is 0 Å². The summed E-state index contributed by atoms with van der Waals surface area (Å²) in [6, 6.07) is 6.36. The Morgan fingerprint density at radius 1 is 1.38 bits per heavy atom. The fraction of sp³-hybridized carbons (Fsp3) is 0.533. The molecule has 1 amide bonds. The molecule has 2 rings (SSSR count). The molecule has 6 nitrogen and oxygen atoms in total. The molecule has 1 saturated heterocycles. The molecule has 0 saturated carbocycles. The average molecular weight is 294 g/mol. The van der Waals surface area contributed by atoms with Crippen molar-refractivity contribution in [1.82, 2.24) is 4.90 Å². The lowest BCUT2D eigenvalue weighted by Gasteiger charge is -2.24. The van der Waals surface area contributed by atoms with Crippen LogP contribution in [0.3, 0.4) is 0 Å². The van der Waals surface area contributed by atoms with Crippen LogP contribution in [-0.4, -0.2) is 52.0 Å². The number of ether oxygens (including phenoxy) is 1. The van der Waals surface area contributed by atoms with Crippen molar-refractivity contribution in [3.05, 3.63) is 24.3 Å². The third-order valence-electron chi connectivity index (χ3n) is 3.14. The number of β-amino-alcohol motifs (C(OH)–C–C–N with tert-alkyl or cyclic N) is 1. The van der Waals surface area contributed by atoms with E-state index in [9.17, 15) is 15.0 Å². The van der Waals surface area contributed by atoms with Crippen LogP contribution in [0.15, 0.2) is 24.3 Å². The molecule has 3 N–H and O–H groups in total. The number of carbonyl (C=O) groups excluding carboxylic acids is 1. The summed E-state index contributed by atoms with van der Waals surface area (Å²) in [5.41, 5.74) is 0.142. The van der Waals surface area contributed by atoms with Crippen LogP contribution in [0.5, 0.6) is 5.75 Å². The number of aliphatic hydroxyl groups excluding tert-OH is 1. The number of likely N-dealkylation sites (tertiary alicyclic amines) is 1. The average Bonchev–Trinajstić information content (AvgIpc) is 2.69. The highest BCUT2D eigenvalue weighted by atomic mass is 16.6. The minimum absolute atomic E-state index is 0.150. The van der Waals surface area contributed by atoms with Gasteiger partial charge >= 0.3 is 6.09 Å². The number of carbonyl (C=O) groups is 1. The second-order valence-corrected chi connectivity index (χ2v) is 6.25. The van der Waals surface area contributed by atoms with Crippen molar-refractivity contribution < 1.29 is 19.7 Å². The van der Waals surface area contributed by atoms with Gasteiger partial charge in [0.1, 0.15) is 11.4 Å². The first-order valence-corrected chi connectivity index (χ1v) is 6.96. The van der Waals surface area contributed by atoms with Crippen LogP contribution >= 0.6 is 0 Å². The number of phenols is 1. The van der Waals surface area contributed by atoms with Gasteiger partial charge in [0.25, 0.3) is 0 Å². The maximum atomic E-state index is 12.0. The summed E-state index contributed by atoms with van der Waals surface area (Å²) in [5.74, 6) is 0.150. The molecular weight excluding hydrogens is 272 g/mol. The minimum atomic E-state index is -0.681. The van der Waals surface area contributed by atoms with Gasteiger partial charge < -0.3 is 25.2 Å². The molecule has 1 heterocycles. The van der Waals surface area contributed by atoms with Gasteiger partial charge in [-0.3, -0.25) is 0 Å². The summed E-state index contributed by atoms with van der Waals surface area (Å²) in [6.07, 6.45) is -1.11. The number of aliphatic hydroxyl groups is 1. The highest BCUT2D eigenvalue weighted by molar-refractivity contribution is 5.69. The molecule has 0 bridgehead atoms. The topological polar surface area (TPSA) is 82.0 Å². The molecule has 0 spiro atoms. The number of benzene rings is 1. The smallest absolute Gasteiger partial charge is 0.410 e. The van der Waals surface area contributed by atoms with Crippen LogP contribution in [0.1, 0.15) is 20.8 Å². The Balaban J connectivity index is 1.96. The molecule has 6 heteroatoms. The van der Waals surface area contributed by atoms with Crippen molar-refractivity contribution in [2.45, 2.75) is 38.5 Å². The van der Waals surface area contributed by atoms with E-state index < -0.39 is 17.8 Å². The second-order valence-electron chi connectivity index (χ2n) is 6.25. The van der Waals surface area contributed by atoms with Gasteiger partial charge in [-0.2, -0.15) is 0 Å². The van der Waals surface area contributed by atoms with Gasteiger partial charge in [-0.1, -0.05) is 6.07 Å². The Morgan fingerprint density at radius 3 is 2.71 bits per heavy atom. The number of phenolic OH excluding ortho intramolecular Hbond substituents is 1. The van der Waals surface area contributed by atoms with E-state index in [1.54, 1.807) is 45.0 Å². The number of hydrogen-bond acceptors (Lipinski definition) is 5. The normalized spacial score (nSPS) is 22.2.